The Kier molecular flexibility index (Phi) is 3.91. The molecule has 0 aromatic carbocycles. The third-order valence-electron chi connectivity index (χ3n) is 5.23. The number of thiophene rings is 1. The molecule has 2 unspecified atom stereocenters. The maximum atomic E-state index is 12.8. The van der Waals surface area contributed by atoms with Crippen LogP contribution in [0.2, 0.25) is 0 Å². The minimum absolute atomic E-state index is 0.00365. The minimum atomic E-state index is -0.209. The van der Waals surface area contributed by atoms with Crippen molar-refractivity contribution in [1.29, 1.82) is 0 Å². The van der Waals surface area contributed by atoms with E-state index in [-0.39, 0.29) is 30.1 Å². The lowest BCUT2D eigenvalue weighted by Crippen LogP contribution is -2.49. The highest BCUT2D eigenvalue weighted by molar-refractivity contribution is 7.17. The maximum Gasteiger partial charge on any atom is 0.291 e. The SMILES string of the molecule is Cc1nn(CC(=O)N2C(C)CCCC2C)c(=O)c2cc3sccc3n12. The summed E-state index contributed by atoms with van der Waals surface area (Å²) in [6.45, 7) is 6.04. The number of rotatable bonds is 2. The highest BCUT2D eigenvalue weighted by Crippen LogP contribution is 2.25. The average Bonchev–Trinajstić information content (AvgIpc) is 3.12. The molecule has 0 radical (unpaired) electrons. The van der Waals surface area contributed by atoms with E-state index in [1.165, 1.54) is 4.68 Å². The Bertz CT molecular complexity index is 1010. The Morgan fingerprint density at radius 2 is 2.00 bits per heavy atom. The molecule has 2 atom stereocenters. The van der Waals surface area contributed by atoms with E-state index in [9.17, 15) is 9.59 Å². The van der Waals surface area contributed by atoms with Gasteiger partial charge in [0, 0.05) is 12.1 Å². The van der Waals surface area contributed by atoms with E-state index < -0.39 is 0 Å². The van der Waals surface area contributed by atoms with Crippen LogP contribution < -0.4 is 5.56 Å². The van der Waals surface area contributed by atoms with Gasteiger partial charge in [0.15, 0.2) is 0 Å². The fourth-order valence-electron chi connectivity index (χ4n) is 4.06. The molecular weight excluding hydrogens is 336 g/mol. The molecule has 1 amide bonds. The van der Waals surface area contributed by atoms with Crippen molar-refractivity contribution < 1.29 is 4.79 Å². The largest absolute Gasteiger partial charge is 0.336 e. The highest BCUT2D eigenvalue weighted by Gasteiger charge is 2.29. The molecule has 132 valence electrons. The molecule has 0 bridgehead atoms. The molecule has 4 heterocycles. The lowest BCUT2D eigenvalue weighted by atomic mass is 9.97. The number of aryl methyl sites for hydroxylation is 1. The monoisotopic (exact) mass is 358 g/mol. The van der Waals surface area contributed by atoms with Crippen LogP contribution in [0.1, 0.15) is 38.9 Å². The van der Waals surface area contributed by atoms with Crippen LogP contribution in [0.25, 0.3) is 15.7 Å². The Hall–Kier alpha value is -2.15. The standard InChI is InChI=1S/C18H22N4O2S/c1-11-5-4-6-12(2)21(11)17(23)10-20-18(24)15-9-16-14(7-8-25-16)22(15)13(3)19-20/h7-9,11-12H,4-6,10H2,1-3H3. The third-order valence-corrected chi connectivity index (χ3v) is 6.09. The molecular formula is C18H22N4O2S. The summed E-state index contributed by atoms with van der Waals surface area (Å²) in [6.07, 6.45) is 3.19. The molecule has 7 heteroatoms. The molecule has 0 N–H and O–H groups in total. The Morgan fingerprint density at radius 3 is 2.72 bits per heavy atom. The van der Waals surface area contributed by atoms with Crippen molar-refractivity contribution in [3.63, 3.8) is 0 Å². The minimum Gasteiger partial charge on any atom is -0.336 e. The summed E-state index contributed by atoms with van der Waals surface area (Å²) in [5.74, 6) is 0.696. The van der Waals surface area contributed by atoms with Crippen molar-refractivity contribution in [2.45, 2.75) is 58.7 Å². The first-order valence-electron chi connectivity index (χ1n) is 8.75. The van der Waals surface area contributed by atoms with Crippen LogP contribution in [-0.2, 0) is 11.3 Å². The summed E-state index contributed by atoms with van der Waals surface area (Å²) in [7, 11) is 0. The van der Waals surface area contributed by atoms with Crippen molar-refractivity contribution in [2.75, 3.05) is 0 Å². The number of hydrogen-bond acceptors (Lipinski definition) is 4. The van der Waals surface area contributed by atoms with Crippen molar-refractivity contribution in [1.82, 2.24) is 19.1 Å². The summed E-state index contributed by atoms with van der Waals surface area (Å²) >= 11 is 1.60. The normalized spacial score (nSPS) is 21.3. The Labute approximate surface area is 149 Å². The lowest BCUT2D eigenvalue weighted by molar-refractivity contribution is -0.138. The second kappa shape index (κ2) is 5.98. The molecule has 6 nitrogen and oxygen atoms in total. The smallest absolute Gasteiger partial charge is 0.291 e. The molecule has 3 aromatic heterocycles. The van der Waals surface area contributed by atoms with Crippen LogP contribution in [-0.4, -0.2) is 37.1 Å². The van der Waals surface area contributed by atoms with Gasteiger partial charge in [-0.15, -0.1) is 11.3 Å². The van der Waals surface area contributed by atoms with Gasteiger partial charge in [0.1, 0.15) is 17.9 Å². The van der Waals surface area contributed by atoms with Gasteiger partial charge in [-0.2, -0.15) is 5.10 Å². The van der Waals surface area contributed by atoms with E-state index in [0.717, 1.165) is 35.3 Å². The molecule has 1 saturated heterocycles. The summed E-state index contributed by atoms with van der Waals surface area (Å²) in [5.41, 5.74) is 1.38. The number of carbonyl (C=O) groups excluding carboxylic acids is 1. The van der Waals surface area contributed by atoms with E-state index in [1.54, 1.807) is 11.3 Å². The van der Waals surface area contributed by atoms with Crippen LogP contribution in [0.5, 0.6) is 0 Å². The van der Waals surface area contributed by atoms with Crippen LogP contribution in [0.15, 0.2) is 22.3 Å². The van der Waals surface area contributed by atoms with E-state index in [4.69, 9.17) is 0 Å². The summed E-state index contributed by atoms with van der Waals surface area (Å²) in [6, 6.07) is 4.32. The highest BCUT2D eigenvalue weighted by atomic mass is 32.1. The number of carbonyl (C=O) groups is 1. The fraction of sp³-hybridized carbons (Fsp3) is 0.500. The number of amides is 1. The lowest BCUT2D eigenvalue weighted by Gasteiger charge is -2.39. The van der Waals surface area contributed by atoms with Crippen LogP contribution >= 0.6 is 11.3 Å². The van der Waals surface area contributed by atoms with E-state index in [1.807, 2.05) is 33.7 Å². The number of hydrogen-bond donors (Lipinski definition) is 0. The van der Waals surface area contributed by atoms with Gasteiger partial charge in [-0.1, -0.05) is 0 Å². The molecule has 0 aliphatic carbocycles. The van der Waals surface area contributed by atoms with E-state index in [0.29, 0.717) is 5.52 Å². The zero-order valence-corrected chi connectivity index (χ0v) is 15.5. The van der Waals surface area contributed by atoms with Gasteiger partial charge < -0.3 is 4.90 Å². The average molecular weight is 358 g/mol. The topological polar surface area (TPSA) is 59.6 Å². The van der Waals surface area contributed by atoms with Gasteiger partial charge in [0.25, 0.3) is 5.56 Å². The van der Waals surface area contributed by atoms with E-state index >= 15 is 0 Å². The van der Waals surface area contributed by atoms with Gasteiger partial charge in [-0.25, -0.2) is 4.68 Å². The first-order chi connectivity index (χ1) is 12.0. The molecule has 1 aliphatic heterocycles. The Balaban J connectivity index is 1.73. The predicted molar refractivity (Wildman–Crippen MR) is 99.2 cm³/mol. The molecule has 0 spiro atoms. The zero-order valence-electron chi connectivity index (χ0n) is 14.7. The van der Waals surface area contributed by atoms with Gasteiger partial charge >= 0.3 is 0 Å². The number of aromatic nitrogens is 3. The molecule has 3 aromatic rings. The second-order valence-electron chi connectivity index (χ2n) is 6.98. The number of nitrogens with zero attached hydrogens (tertiary/aromatic N) is 4. The van der Waals surface area contributed by atoms with E-state index in [2.05, 4.69) is 18.9 Å². The summed E-state index contributed by atoms with van der Waals surface area (Å²) in [5, 5.41) is 6.42. The quantitative estimate of drug-likeness (QED) is 0.708. The fourth-order valence-corrected chi connectivity index (χ4v) is 4.86. The van der Waals surface area contributed by atoms with Gasteiger partial charge in [-0.05, 0) is 57.5 Å². The van der Waals surface area contributed by atoms with Crippen molar-refractivity contribution in [3.05, 3.63) is 33.7 Å². The molecule has 1 aliphatic rings. The molecule has 4 rings (SSSR count). The number of piperidine rings is 1. The van der Waals surface area contributed by atoms with Crippen LogP contribution in [0, 0.1) is 6.92 Å². The zero-order chi connectivity index (χ0) is 17.7. The molecule has 1 fully saturated rings. The number of fused-ring (bicyclic) bond motifs is 3. The first-order valence-corrected chi connectivity index (χ1v) is 9.63. The molecule has 0 saturated carbocycles. The predicted octanol–water partition coefficient (Wildman–Crippen LogP) is 2.81. The second-order valence-corrected chi connectivity index (χ2v) is 7.92. The van der Waals surface area contributed by atoms with Crippen molar-refractivity contribution in [3.8, 4) is 0 Å². The molecule has 25 heavy (non-hydrogen) atoms. The van der Waals surface area contributed by atoms with Gasteiger partial charge in [0.2, 0.25) is 5.91 Å². The van der Waals surface area contributed by atoms with Gasteiger partial charge in [-0.3, -0.25) is 14.0 Å². The van der Waals surface area contributed by atoms with Crippen molar-refractivity contribution >= 4 is 33.0 Å². The van der Waals surface area contributed by atoms with Crippen molar-refractivity contribution in [2.24, 2.45) is 0 Å². The number of likely N-dealkylation sites (tertiary alicyclic amines) is 1. The van der Waals surface area contributed by atoms with Crippen LogP contribution in [0.3, 0.4) is 0 Å². The summed E-state index contributed by atoms with van der Waals surface area (Å²) in [4.78, 5) is 27.6. The summed E-state index contributed by atoms with van der Waals surface area (Å²) < 4.78 is 4.26. The first kappa shape index (κ1) is 16.3. The Morgan fingerprint density at radius 1 is 1.28 bits per heavy atom. The van der Waals surface area contributed by atoms with Gasteiger partial charge in [0.05, 0.1) is 10.2 Å². The third kappa shape index (κ3) is 2.57. The maximum absolute atomic E-state index is 12.8. The van der Waals surface area contributed by atoms with Crippen LogP contribution in [0.4, 0.5) is 0 Å².